The first-order chi connectivity index (χ1) is 16.7. The van der Waals surface area contributed by atoms with Gasteiger partial charge in [0.2, 0.25) is 0 Å². The number of phenolic OH excluding ortho intramolecular Hbond substituents is 1. The van der Waals surface area contributed by atoms with Crippen LogP contribution in [0, 0.1) is 0 Å². The third-order valence-corrected chi connectivity index (χ3v) is 6.52. The summed E-state index contributed by atoms with van der Waals surface area (Å²) in [6.45, 7) is 2.92. The Balaban J connectivity index is 1.44. The minimum Gasteiger partial charge on any atom is -0.507 e. The number of unbranched alkanes of at least 4 members (excludes halogenated alkanes) is 15. The molecule has 0 aliphatic carbocycles. The SMILES string of the molecule is CCCCCCCCCCCCCCCCCCOc1ccc(C(=O)c2ccccc2)c(O)c1. The highest BCUT2D eigenvalue weighted by atomic mass is 16.5. The zero-order chi connectivity index (χ0) is 24.3. The Morgan fingerprint density at radius 3 is 1.68 bits per heavy atom. The first-order valence-corrected chi connectivity index (χ1v) is 13.8. The van der Waals surface area contributed by atoms with Gasteiger partial charge in [-0.15, -0.1) is 0 Å². The van der Waals surface area contributed by atoms with Gasteiger partial charge in [-0.05, 0) is 18.6 Å². The fraction of sp³-hybridized carbons (Fsp3) is 0.581. The van der Waals surface area contributed by atoms with E-state index in [4.69, 9.17) is 4.74 Å². The van der Waals surface area contributed by atoms with Crippen LogP contribution < -0.4 is 4.74 Å². The second kappa shape index (κ2) is 18.1. The van der Waals surface area contributed by atoms with Crippen molar-refractivity contribution >= 4 is 5.78 Å². The Kier molecular flexibility index (Phi) is 14.9. The molecule has 0 unspecified atom stereocenters. The maximum Gasteiger partial charge on any atom is 0.196 e. The van der Waals surface area contributed by atoms with E-state index in [0.29, 0.717) is 23.5 Å². The van der Waals surface area contributed by atoms with Crippen LogP contribution in [0.25, 0.3) is 0 Å². The predicted molar refractivity (Wildman–Crippen MR) is 143 cm³/mol. The van der Waals surface area contributed by atoms with Crippen LogP contribution in [0.5, 0.6) is 11.5 Å². The number of carbonyl (C=O) groups excluding carboxylic acids is 1. The summed E-state index contributed by atoms with van der Waals surface area (Å²) in [7, 11) is 0. The number of aromatic hydroxyl groups is 1. The molecule has 0 amide bonds. The van der Waals surface area contributed by atoms with E-state index in [1.807, 2.05) is 18.2 Å². The summed E-state index contributed by atoms with van der Waals surface area (Å²) < 4.78 is 5.78. The lowest BCUT2D eigenvalue weighted by atomic mass is 10.0. The quantitative estimate of drug-likeness (QED) is 0.156. The predicted octanol–water partition coefficient (Wildman–Crippen LogP) is 9.26. The standard InChI is InChI=1S/C31H46O3/c1-2-3-4-5-6-7-8-9-10-11-12-13-14-15-16-20-25-34-28-23-24-29(30(32)26-28)31(33)27-21-18-17-19-22-27/h17-19,21-24,26,32H,2-16,20,25H2,1H3. The fourth-order valence-corrected chi connectivity index (χ4v) is 4.38. The monoisotopic (exact) mass is 466 g/mol. The Labute approximate surface area is 207 Å². The van der Waals surface area contributed by atoms with E-state index in [9.17, 15) is 9.90 Å². The van der Waals surface area contributed by atoms with E-state index in [2.05, 4.69) is 6.92 Å². The van der Waals surface area contributed by atoms with Gasteiger partial charge < -0.3 is 9.84 Å². The Bertz CT molecular complexity index is 785. The van der Waals surface area contributed by atoms with E-state index in [1.54, 1.807) is 30.3 Å². The minimum absolute atomic E-state index is 0.0293. The topological polar surface area (TPSA) is 46.5 Å². The summed E-state index contributed by atoms with van der Waals surface area (Å²) in [5.74, 6) is 0.406. The van der Waals surface area contributed by atoms with Gasteiger partial charge in [-0.25, -0.2) is 0 Å². The number of hydrogen-bond donors (Lipinski definition) is 1. The molecular weight excluding hydrogens is 420 g/mol. The highest BCUT2D eigenvalue weighted by Crippen LogP contribution is 2.26. The Hall–Kier alpha value is -2.29. The van der Waals surface area contributed by atoms with Crippen molar-refractivity contribution in [1.29, 1.82) is 0 Å². The van der Waals surface area contributed by atoms with E-state index >= 15 is 0 Å². The van der Waals surface area contributed by atoms with Gasteiger partial charge in [0, 0.05) is 11.6 Å². The van der Waals surface area contributed by atoms with Crippen LogP contribution in [0.3, 0.4) is 0 Å². The molecule has 0 aliphatic heterocycles. The van der Waals surface area contributed by atoms with Crippen LogP contribution >= 0.6 is 0 Å². The summed E-state index contributed by atoms with van der Waals surface area (Å²) in [5.41, 5.74) is 0.876. The molecule has 188 valence electrons. The molecule has 0 aromatic heterocycles. The fourth-order valence-electron chi connectivity index (χ4n) is 4.38. The maximum atomic E-state index is 12.5. The normalized spacial score (nSPS) is 11.0. The van der Waals surface area contributed by atoms with E-state index in [1.165, 1.54) is 96.3 Å². The number of ketones is 1. The van der Waals surface area contributed by atoms with Gasteiger partial charge in [0.15, 0.2) is 5.78 Å². The van der Waals surface area contributed by atoms with Crippen LogP contribution in [-0.2, 0) is 0 Å². The highest BCUT2D eigenvalue weighted by molar-refractivity contribution is 6.10. The molecule has 2 aromatic carbocycles. The van der Waals surface area contributed by atoms with Gasteiger partial charge >= 0.3 is 0 Å². The summed E-state index contributed by atoms with van der Waals surface area (Å²) in [6.07, 6.45) is 21.6. The van der Waals surface area contributed by atoms with Crippen LogP contribution in [0.15, 0.2) is 48.5 Å². The number of hydrogen-bond acceptors (Lipinski definition) is 3. The summed E-state index contributed by atoms with van der Waals surface area (Å²) in [5, 5.41) is 10.3. The molecule has 0 bridgehead atoms. The van der Waals surface area contributed by atoms with Crippen LogP contribution in [-0.4, -0.2) is 17.5 Å². The lowest BCUT2D eigenvalue weighted by Gasteiger charge is -2.09. The van der Waals surface area contributed by atoms with Crippen molar-refractivity contribution in [1.82, 2.24) is 0 Å². The molecule has 0 saturated heterocycles. The first kappa shape index (κ1) is 28.0. The van der Waals surface area contributed by atoms with Gasteiger partial charge in [-0.2, -0.15) is 0 Å². The van der Waals surface area contributed by atoms with Gasteiger partial charge in [-0.3, -0.25) is 4.79 Å². The van der Waals surface area contributed by atoms with Crippen molar-refractivity contribution in [2.75, 3.05) is 6.61 Å². The smallest absolute Gasteiger partial charge is 0.196 e. The number of carbonyl (C=O) groups is 1. The number of phenols is 1. The Morgan fingerprint density at radius 2 is 1.18 bits per heavy atom. The molecule has 0 aliphatic rings. The lowest BCUT2D eigenvalue weighted by molar-refractivity contribution is 0.103. The average Bonchev–Trinajstić information content (AvgIpc) is 2.86. The largest absolute Gasteiger partial charge is 0.507 e. The maximum absolute atomic E-state index is 12.5. The molecule has 0 heterocycles. The van der Waals surface area contributed by atoms with Crippen LogP contribution in [0.2, 0.25) is 0 Å². The lowest BCUT2D eigenvalue weighted by Crippen LogP contribution is -2.02. The molecule has 34 heavy (non-hydrogen) atoms. The van der Waals surface area contributed by atoms with E-state index < -0.39 is 0 Å². The summed E-state index contributed by atoms with van der Waals surface area (Å²) in [4.78, 5) is 12.5. The summed E-state index contributed by atoms with van der Waals surface area (Å²) in [6, 6.07) is 14.0. The van der Waals surface area contributed by atoms with Crippen LogP contribution in [0.4, 0.5) is 0 Å². The zero-order valence-electron chi connectivity index (χ0n) is 21.4. The van der Waals surface area contributed by atoms with Crippen molar-refractivity contribution in [2.45, 2.75) is 110 Å². The molecule has 0 saturated carbocycles. The summed E-state index contributed by atoms with van der Waals surface area (Å²) >= 11 is 0. The van der Waals surface area contributed by atoms with Crippen molar-refractivity contribution in [3.05, 3.63) is 59.7 Å². The van der Waals surface area contributed by atoms with E-state index in [-0.39, 0.29) is 11.5 Å². The first-order valence-electron chi connectivity index (χ1n) is 13.8. The molecule has 2 aromatic rings. The third kappa shape index (κ3) is 11.7. The number of ether oxygens (including phenoxy) is 1. The number of rotatable bonds is 20. The molecule has 0 radical (unpaired) electrons. The average molecular weight is 467 g/mol. The molecule has 0 spiro atoms. The van der Waals surface area contributed by atoms with Crippen molar-refractivity contribution < 1.29 is 14.6 Å². The van der Waals surface area contributed by atoms with Gasteiger partial charge in [-0.1, -0.05) is 134 Å². The molecule has 0 atom stereocenters. The van der Waals surface area contributed by atoms with Crippen molar-refractivity contribution in [3.8, 4) is 11.5 Å². The van der Waals surface area contributed by atoms with Gasteiger partial charge in [0.1, 0.15) is 11.5 Å². The minimum atomic E-state index is -0.178. The van der Waals surface area contributed by atoms with Gasteiger partial charge in [0.05, 0.1) is 12.2 Å². The molecule has 0 fully saturated rings. The van der Waals surface area contributed by atoms with Gasteiger partial charge in [0.25, 0.3) is 0 Å². The molecule has 2 rings (SSSR count). The molecule has 1 N–H and O–H groups in total. The van der Waals surface area contributed by atoms with Crippen LogP contribution in [0.1, 0.15) is 126 Å². The zero-order valence-corrected chi connectivity index (χ0v) is 21.4. The second-order valence-electron chi connectivity index (χ2n) is 9.53. The van der Waals surface area contributed by atoms with Crippen molar-refractivity contribution in [3.63, 3.8) is 0 Å². The number of benzene rings is 2. The van der Waals surface area contributed by atoms with Crippen molar-refractivity contribution in [2.24, 2.45) is 0 Å². The molecular formula is C31H46O3. The van der Waals surface area contributed by atoms with E-state index in [0.717, 1.165) is 6.42 Å². The molecule has 3 heteroatoms. The second-order valence-corrected chi connectivity index (χ2v) is 9.53. The third-order valence-electron chi connectivity index (χ3n) is 6.52. The highest BCUT2D eigenvalue weighted by Gasteiger charge is 2.14. The molecule has 3 nitrogen and oxygen atoms in total. The Morgan fingerprint density at radius 1 is 0.676 bits per heavy atom.